The molecule has 2 N–H and O–H groups in total. The fourth-order valence-electron chi connectivity index (χ4n) is 3.05. The molecule has 0 amide bonds. The minimum absolute atomic E-state index is 0.0158. The van der Waals surface area contributed by atoms with Gasteiger partial charge in [0.25, 0.3) is 0 Å². The van der Waals surface area contributed by atoms with Crippen molar-refractivity contribution in [2.24, 2.45) is 4.99 Å². The number of aryl methyl sites for hydroxylation is 1. The second kappa shape index (κ2) is 10.4. The Morgan fingerprint density at radius 3 is 2.79 bits per heavy atom. The number of imidazole rings is 1. The highest BCUT2D eigenvalue weighted by Crippen LogP contribution is 2.19. The first-order chi connectivity index (χ1) is 14.2. The van der Waals surface area contributed by atoms with Crippen molar-refractivity contribution in [3.8, 4) is 11.5 Å². The second-order valence-electron chi connectivity index (χ2n) is 6.77. The van der Waals surface area contributed by atoms with Gasteiger partial charge in [0.1, 0.15) is 17.6 Å². The first kappa shape index (κ1) is 20.5. The van der Waals surface area contributed by atoms with E-state index < -0.39 is 0 Å². The van der Waals surface area contributed by atoms with Crippen molar-refractivity contribution in [1.82, 2.24) is 20.2 Å². The zero-order chi connectivity index (χ0) is 20.5. The molecule has 0 saturated carbocycles. The number of guanidine groups is 1. The van der Waals surface area contributed by atoms with Crippen molar-refractivity contribution in [1.29, 1.82) is 0 Å². The zero-order valence-electron chi connectivity index (χ0n) is 17.3. The Bertz CT molecular complexity index is 938. The molecule has 0 aliphatic carbocycles. The quantitative estimate of drug-likeness (QED) is 0.331. The molecule has 0 aliphatic heterocycles. The number of nitrogens with zero attached hydrogens (tertiary/aromatic N) is 3. The minimum atomic E-state index is -0.0158. The number of fused-ring (bicyclic) bond motifs is 1. The number of aliphatic imine (C=N–C) groups is 1. The van der Waals surface area contributed by atoms with Crippen LogP contribution in [0.1, 0.15) is 13.3 Å². The summed E-state index contributed by atoms with van der Waals surface area (Å²) < 4.78 is 13.3. The molecule has 0 bridgehead atoms. The summed E-state index contributed by atoms with van der Waals surface area (Å²) in [6.07, 6.45) is 2.85. The van der Waals surface area contributed by atoms with E-state index in [0.29, 0.717) is 6.54 Å². The van der Waals surface area contributed by atoms with Crippen LogP contribution in [0.25, 0.3) is 11.0 Å². The van der Waals surface area contributed by atoms with Gasteiger partial charge in [0.15, 0.2) is 5.96 Å². The number of methoxy groups -OCH3 is 1. The normalized spacial score (nSPS) is 12.6. The van der Waals surface area contributed by atoms with Crippen LogP contribution >= 0.6 is 0 Å². The SMILES string of the molecule is CN=C(NCCCn1cnc2ccccc21)NCC(C)Oc1cccc(OC)c1. The van der Waals surface area contributed by atoms with Gasteiger partial charge in [-0.25, -0.2) is 4.98 Å². The van der Waals surface area contributed by atoms with Gasteiger partial charge in [-0.05, 0) is 37.6 Å². The number of para-hydroxylation sites is 2. The molecule has 154 valence electrons. The summed E-state index contributed by atoms with van der Waals surface area (Å²) in [6.45, 7) is 4.38. The molecule has 7 nitrogen and oxygen atoms in total. The van der Waals surface area contributed by atoms with E-state index >= 15 is 0 Å². The predicted molar refractivity (Wildman–Crippen MR) is 117 cm³/mol. The number of hydrogen-bond acceptors (Lipinski definition) is 4. The van der Waals surface area contributed by atoms with Crippen molar-refractivity contribution >= 4 is 17.0 Å². The molecular formula is C22H29N5O2. The van der Waals surface area contributed by atoms with Gasteiger partial charge in [-0.1, -0.05) is 18.2 Å². The van der Waals surface area contributed by atoms with Crippen LogP contribution in [0.5, 0.6) is 11.5 Å². The molecule has 0 saturated heterocycles. The van der Waals surface area contributed by atoms with Crippen LogP contribution in [0.3, 0.4) is 0 Å². The Balaban J connectivity index is 1.38. The topological polar surface area (TPSA) is 72.7 Å². The monoisotopic (exact) mass is 395 g/mol. The molecule has 0 radical (unpaired) electrons. The highest BCUT2D eigenvalue weighted by molar-refractivity contribution is 5.79. The number of ether oxygens (including phenoxy) is 2. The number of hydrogen-bond donors (Lipinski definition) is 2. The van der Waals surface area contributed by atoms with E-state index in [-0.39, 0.29) is 6.10 Å². The van der Waals surface area contributed by atoms with Crippen molar-refractivity contribution in [3.05, 3.63) is 54.9 Å². The molecule has 7 heteroatoms. The zero-order valence-corrected chi connectivity index (χ0v) is 17.3. The van der Waals surface area contributed by atoms with E-state index in [1.54, 1.807) is 14.2 Å². The third-order valence-electron chi connectivity index (χ3n) is 4.55. The van der Waals surface area contributed by atoms with E-state index in [0.717, 1.165) is 42.5 Å². The molecule has 1 aromatic heterocycles. The lowest BCUT2D eigenvalue weighted by Crippen LogP contribution is -2.42. The van der Waals surface area contributed by atoms with Crippen LogP contribution in [0.2, 0.25) is 0 Å². The van der Waals surface area contributed by atoms with Crippen molar-refractivity contribution in [2.75, 3.05) is 27.2 Å². The molecule has 1 atom stereocenters. The van der Waals surface area contributed by atoms with Gasteiger partial charge in [-0.3, -0.25) is 4.99 Å². The van der Waals surface area contributed by atoms with Crippen molar-refractivity contribution in [3.63, 3.8) is 0 Å². The predicted octanol–water partition coefficient (Wildman–Crippen LogP) is 3.07. The van der Waals surface area contributed by atoms with Gasteiger partial charge in [-0.2, -0.15) is 0 Å². The Morgan fingerprint density at radius 2 is 1.97 bits per heavy atom. The van der Waals surface area contributed by atoms with Crippen LogP contribution < -0.4 is 20.1 Å². The van der Waals surface area contributed by atoms with Gasteiger partial charge >= 0.3 is 0 Å². The van der Waals surface area contributed by atoms with E-state index in [2.05, 4.69) is 31.2 Å². The van der Waals surface area contributed by atoms with Crippen molar-refractivity contribution < 1.29 is 9.47 Å². The van der Waals surface area contributed by atoms with Crippen molar-refractivity contribution in [2.45, 2.75) is 26.0 Å². The summed E-state index contributed by atoms with van der Waals surface area (Å²) in [5, 5.41) is 6.65. The average molecular weight is 396 g/mol. The van der Waals surface area contributed by atoms with Crippen LogP contribution in [0.15, 0.2) is 59.9 Å². The summed E-state index contributed by atoms with van der Waals surface area (Å²) in [4.78, 5) is 8.71. The number of benzene rings is 2. The maximum absolute atomic E-state index is 5.93. The molecule has 1 unspecified atom stereocenters. The fourth-order valence-corrected chi connectivity index (χ4v) is 3.05. The lowest BCUT2D eigenvalue weighted by atomic mass is 10.3. The largest absolute Gasteiger partial charge is 0.497 e. The molecule has 3 rings (SSSR count). The summed E-state index contributed by atoms with van der Waals surface area (Å²) in [5.74, 6) is 2.33. The Morgan fingerprint density at radius 1 is 1.14 bits per heavy atom. The number of aromatic nitrogens is 2. The summed E-state index contributed by atoms with van der Waals surface area (Å²) in [5.41, 5.74) is 2.20. The Hall–Kier alpha value is -3.22. The lowest BCUT2D eigenvalue weighted by molar-refractivity contribution is 0.223. The summed E-state index contributed by atoms with van der Waals surface area (Å²) in [7, 11) is 3.42. The average Bonchev–Trinajstić information content (AvgIpc) is 3.16. The maximum Gasteiger partial charge on any atom is 0.191 e. The molecule has 1 heterocycles. The third-order valence-corrected chi connectivity index (χ3v) is 4.55. The first-order valence-corrected chi connectivity index (χ1v) is 9.84. The van der Waals surface area contributed by atoms with E-state index in [1.807, 2.05) is 55.7 Å². The smallest absolute Gasteiger partial charge is 0.191 e. The van der Waals surface area contributed by atoms with E-state index in [4.69, 9.17) is 9.47 Å². The summed E-state index contributed by atoms with van der Waals surface area (Å²) in [6, 6.07) is 15.8. The number of rotatable bonds is 9. The minimum Gasteiger partial charge on any atom is -0.497 e. The highest BCUT2D eigenvalue weighted by atomic mass is 16.5. The number of nitrogens with one attached hydrogen (secondary N) is 2. The molecule has 0 spiro atoms. The Labute approximate surface area is 171 Å². The highest BCUT2D eigenvalue weighted by Gasteiger charge is 2.07. The first-order valence-electron chi connectivity index (χ1n) is 9.84. The van der Waals surface area contributed by atoms with E-state index in [1.165, 1.54) is 5.52 Å². The van der Waals surface area contributed by atoms with Gasteiger partial charge < -0.3 is 24.7 Å². The third kappa shape index (κ3) is 5.88. The van der Waals surface area contributed by atoms with Crippen LogP contribution in [-0.4, -0.2) is 48.9 Å². The molecule has 3 aromatic rings. The van der Waals surface area contributed by atoms with Crippen LogP contribution in [0.4, 0.5) is 0 Å². The molecular weight excluding hydrogens is 366 g/mol. The molecule has 29 heavy (non-hydrogen) atoms. The van der Waals surface area contributed by atoms with E-state index in [9.17, 15) is 0 Å². The molecule has 0 aliphatic rings. The lowest BCUT2D eigenvalue weighted by Gasteiger charge is -2.18. The van der Waals surface area contributed by atoms with Gasteiger partial charge in [-0.15, -0.1) is 0 Å². The maximum atomic E-state index is 5.93. The van der Waals surface area contributed by atoms with Crippen LogP contribution in [0, 0.1) is 0 Å². The standard InChI is InChI=1S/C22H29N5O2/c1-17(29-19-9-6-8-18(14-19)28-3)15-25-22(23-2)24-12-7-13-27-16-26-20-10-4-5-11-21(20)27/h4-6,8-11,14,16-17H,7,12-13,15H2,1-3H3,(H2,23,24,25). The fraction of sp³-hybridized carbons (Fsp3) is 0.364. The van der Waals surface area contributed by atoms with Crippen LogP contribution in [-0.2, 0) is 6.54 Å². The van der Waals surface area contributed by atoms with Gasteiger partial charge in [0.2, 0.25) is 0 Å². The molecule has 0 fully saturated rings. The summed E-state index contributed by atoms with van der Waals surface area (Å²) >= 11 is 0. The molecule has 2 aromatic carbocycles. The Kier molecular flexibility index (Phi) is 7.33. The second-order valence-corrected chi connectivity index (χ2v) is 6.77. The van der Waals surface area contributed by atoms with Gasteiger partial charge in [0.05, 0.1) is 31.0 Å². The van der Waals surface area contributed by atoms with Gasteiger partial charge in [0, 0.05) is 26.2 Å².